The van der Waals surface area contributed by atoms with Crippen LogP contribution in [-0.4, -0.2) is 27.4 Å². The highest BCUT2D eigenvalue weighted by atomic mass is 32.2. The van der Waals surface area contributed by atoms with Crippen molar-refractivity contribution in [1.29, 1.82) is 0 Å². The number of carbonyl (C=O) groups is 1. The molecule has 0 saturated heterocycles. The summed E-state index contributed by atoms with van der Waals surface area (Å²) in [4.78, 5) is 11.2. The van der Waals surface area contributed by atoms with Gasteiger partial charge in [0.25, 0.3) is 0 Å². The van der Waals surface area contributed by atoms with Crippen molar-refractivity contribution in [3.63, 3.8) is 0 Å². The largest absolute Gasteiger partial charge is 0.396 e. The Bertz CT molecular complexity index is 556. The van der Waals surface area contributed by atoms with Crippen LogP contribution in [0.1, 0.15) is 6.92 Å². The number of nitrogens with one attached hydrogen (secondary N) is 2. The number of hydrogen-bond acceptors (Lipinski definition) is 5. The summed E-state index contributed by atoms with van der Waals surface area (Å²) in [7, 11) is -2.38. The number of primary sulfonamides is 1. The summed E-state index contributed by atoms with van der Waals surface area (Å²) in [5.74, 6) is -0.240. The molecule has 0 aliphatic heterocycles. The summed E-state index contributed by atoms with van der Waals surface area (Å²) in [6.07, 6.45) is 0. The summed E-state index contributed by atoms with van der Waals surface area (Å²) in [5.41, 5.74) is 6.05. The topological polar surface area (TPSA) is 127 Å². The van der Waals surface area contributed by atoms with Crippen LogP contribution in [0, 0.1) is 0 Å². The first-order valence-electron chi connectivity index (χ1n) is 5.16. The van der Waals surface area contributed by atoms with Crippen LogP contribution in [0.4, 0.5) is 11.4 Å². The molecule has 1 aromatic rings. The first-order chi connectivity index (χ1) is 8.27. The molecule has 6 N–H and O–H groups in total. The Morgan fingerprint density at radius 1 is 1.39 bits per heavy atom. The van der Waals surface area contributed by atoms with E-state index in [9.17, 15) is 13.2 Å². The lowest BCUT2D eigenvalue weighted by molar-refractivity contribution is -0.121. The number of para-hydroxylation sites is 1. The van der Waals surface area contributed by atoms with E-state index in [2.05, 4.69) is 10.6 Å². The fourth-order valence-electron chi connectivity index (χ4n) is 1.43. The molecule has 0 aliphatic carbocycles. The van der Waals surface area contributed by atoms with Gasteiger partial charge in [0.05, 0.1) is 11.4 Å². The number of anilines is 2. The normalized spacial score (nSPS) is 12.8. The van der Waals surface area contributed by atoms with Crippen LogP contribution in [0.5, 0.6) is 0 Å². The van der Waals surface area contributed by atoms with Gasteiger partial charge in [-0.3, -0.25) is 4.79 Å². The van der Waals surface area contributed by atoms with E-state index in [0.717, 1.165) is 0 Å². The van der Waals surface area contributed by atoms with Gasteiger partial charge in [-0.2, -0.15) is 0 Å². The average molecular weight is 272 g/mol. The molecule has 0 fully saturated rings. The molecule has 7 nitrogen and oxygen atoms in total. The third kappa shape index (κ3) is 3.11. The van der Waals surface area contributed by atoms with E-state index in [1.54, 1.807) is 13.0 Å². The Morgan fingerprint density at radius 3 is 2.50 bits per heavy atom. The standard InChI is InChI=1S/C10H16N4O3S/c1-6(10(15)13-2)14-7-4-3-5-8(9(7)11)18(12,16)17/h3-6,14H,11H2,1-2H3,(H,13,15)(H2,12,16,17). The molecule has 0 radical (unpaired) electrons. The van der Waals surface area contributed by atoms with Crippen molar-refractivity contribution in [2.75, 3.05) is 18.1 Å². The van der Waals surface area contributed by atoms with Gasteiger partial charge in [-0.25, -0.2) is 13.6 Å². The van der Waals surface area contributed by atoms with Crippen LogP contribution in [-0.2, 0) is 14.8 Å². The molecule has 0 aromatic heterocycles. The maximum absolute atomic E-state index is 11.4. The van der Waals surface area contributed by atoms with E-state index in [4.69, 9.17) is 10.9 Å². The molecule has 0 spiro atoms. The van der Waals surface area contributed by atoms with Gasteiger partial charge in [-0.05, 0) is 19.1 Å². The molecule has 0 saturated carbocycles. The second kappa shape index (κ2) is 5.23. The van der Waals surface area contributed by atoms with Gasteiger partial charge in [0, 0.05) is 7.05 Å². The van der Waals surface area contributed by atoms with Crippen molar-refractivity contribution in [2.24, 2.45) is 5.14 Å². The van der Waals surface area contributed by atoms with Crippen molar-refractivity contribution in [1.82, 2.24) is 5.32 Å². The number of nitrogen functional groups attached to an aromatic ring is 1. The van der Waals surface area contributed by atoms with Crippen molar-refractivity contribution in [3.05, 3.63) is 18.2 Å². The van der Waals surface area contributed by atoms with Crippen molar-refractivity contribution >= 4 is 27.3 Å². The van der Waals surface area contributed by atoms with Crippen LogP contribution in [0.25, 0.3) is 0 Å². The summed E-state index contributed by atoms with van der Waals surface area (Å²) < 4.78 is 22.5. The number of benzene rings is 1. The molecule has 1 amide bonds. The predicted molar refractivity (Wildman–Crippen MR) is 69.4 cm³/mol. The molecule has 1 atom stereocenters. The third-order valence-corrected chi connectivity index (χ3v) is 3.35. The van der Waals surface area contributed by atoms with E-state index in [1.807, 2.05) is 0 Å². The lowest BCUT2D eigenvalue weighted by Crippen LogP contribution is -2.35. The van der Waals surface area contributed by atoms with E-state index in [0.29, 0.717) is 5.69 Å². The number of hydrogen-bond donors (Lipinski definition) is 4. The zero-order chi connectivity index (χ0) is 13.9. The van der Waals surface area contributed by atoms with Gasteiger partial charge in [-0.15, -0.1) is 0 Å². The second-order valence-corrected chi connectivity index (χ2v) is 5.27. The van der Waals surface area contributed by atoms with E-state index < -0.39 is 16.1 Å². The third-order valence-electron chi connectivity index (χ3n) is 2.38. The molecule has 18 heavy (non-hydrogen) atoms. The quantitative estimate of drug-likeness (QED) is 0.547. The number of nitrogens with two attached hydrogens (primary N) is 2. The summed E-state index contributed by atoms with van der Waals surface area (Å²) >= 11 is 0. The predicted octanol–water partition coefficient (Wildman–Crippen LogP) is -0.537. The Morgan fingerprint density at radius 2 is 2.00 bits per heavy atom. The minimum atomic E-state index is -3.88. The molecular weight excluding hydrogens is 256 g/mol. The summed E-state index contributed by atoms with van der Waals surface area (Å²) in [6.45, 7) is 1.63. The van der Waals surface area contributed by atoms with Gasteiger partial charge in [-0.1, -0.05) is 6.07 Å². The zero-order valence-electron chi connectivity index (χ0n) is 10.1. The lowest BCUT2D eigenvalue weighted by atomic mass is 10.2. The Hall–Kier alpha value is -1.80. The second-order valence-electron chi connectivity index (χ2n) is 3.74. The molecule has 0 aliphatic rings. The van der Waals surface area contributed by atoms with Crippen molar-refractivity contribution in [2.45, 2.75) is 17.9 Å². The molecule has 1 aromatic carbocycles. The molecule has 100 valence electrons. The smallest absolute Gasteiger partial charge is 0.241 e. The van der Waals surface area contributed by atoms with Crippen LogP contribution in [0.15, 0.2) is 23.1 Å². The number of rotatable bonds is 4. The van der Waals surface area contributed by atoms with Crippen LogP contribution >= 0.6 is 0 Å². The molecule has 8 heteroatoms. The number of sulfonamides is 1. The van der Waals surface area contributed by atoms with Gasteiger partial charge in [0.1, 0.15) is 10.9 Å². The molecule has 1 rings (SSSR count). The highest BCUT2D eigenvalue weighted by Crippen LogP contribution is 2.26. The maximum Gasteiger partial charge on any atom is 0.241 e. The van der Waals surface area contributed by atoms with Gasteiger partial charge >= 0.3 is 0 Å². The monoisotopic (exact) mass is 272 g/mol. The van der Waals surface area contributed by atoms with E-state index in [1.165, 1.54) is 19.2 Å². The van der Waals surface area contributed by atoms with Crippen molar-refractivity contribution in [3.8, 4) is 0 Å². The lowest BCUT2D eigenvalue weighted by Gasteiger charge is -2.16. The molecule has 0 bridgehead atoms. The minimum absolute atomic E-state index is 0.00393. The highest BCUT2D eigenvalue weighted by Gasteiger charge is 2.17. The highest BCUT2D eigenvalue weighted by molar-refractivity contribution is 7.89. The molecule has 0 heterocycles. The Kier molecular flexibility index (Phi) is 4.15. The average Bonchev–Trinajstić information content (AvgIpc) is 2.29. The first kappa shape index (κ1) is 14.3. The van der Waals surface area contributed by atoms with E-state index in [-0.39, 0.29) is 16.5 Å². The van der Waals surface area contributed by atoms with Gasteiger partial charge in [0.2, 0.25) is 15.9 Å². The molecular formula is C10H16N4O3S. The fourth-order valence-corrected chi connectivity index (χ4v) is 2.12. The minimum Gasteiger partial charge on any atom is -0.396 e. The number of likely N-dealkylation sites (N-methyl/N-ethyl adjacent to an activating group) is 1. The zero-order valence-corrected chi connectivity index (χ0v) is 10.9. The van der Waals surface area contributed by atoms with Crippen LogP contribution in [0.2, 0.25) is 0 Å². The fraction of sp³-hybridized carbons (Fsp3) is 0.300. The van der Waals surface area contributed by atoms with Crippen LogP contribution in [0.3, 0.4) is 0 Å². The van der Waals surface area contributed by atoms with Gasteiger partial charge in [0.15, 0.2) is 0 Å². The van der Waals surface area contributed by atoms with Gasteiger partial charge < -0.3 is 16.4 Å². The van der Waals surface area contributed by atoms with Crippen LogP contribution < -0.4 is 21.5 Å². The molecule has 1 unspecified atom stereocenters. The first-order valence-corrected chi connectivity index (χ1v) is 6.71. The summed E-state index contributed by atoms with van der Waals surface area (Å²) in [5, 5.41) is 10.3. The Balaban J connectivity index is 3.09. The number of carbonyl (C=O) groups excluding carboxylic acids is 1. The Labute approximate surface area is 106 Å². The van der Waals surface area contributed by atoms with Crippen molar-refractivity contribution < 1.29 is 13.2 Å². The SMILES string of the molecule is CNC(=O)C(C)Nc1cccc(S(N)(=O)=O)c1N. The number of amides is 1. The van der Waals surface area contributed by atoms with E-state index >= 15 is 0 Å². The maximum atomic E-state index is 11.4. The summed E-state index contributed by atoms with van der Waals surface area (Å²) in [6, 6.07) is 3.83.